The summed E-state index contributed by atoms with van der Waals surface area (Å²) in [5.74, 6) is -0.0954. The number of likely N-dealkylation sites (N-methyl/N-ethyl adjacent to an activating group) is 1. The van der Waals surface area contributed by atoms with Crippen LogP contribution in [0.1, 0.15) is 21.5 Å². The number of ether oxygens (including phenoxy) is 2. The van der Waals surface area contributed by atoms with E-state index in [1.807, 2.05) is 31.1 Å². The third kappa shape index (κ3) is 7.52. The van der Waals surface area contributed by atoms with Gasteiger partial charge in [-0.05, 0) is 56.1 Å². The fraction of sp³-hybridized carbons (Fsp3) is 0.267. The molecule has 0 spiro atoms. The Bertz CT molecular complexity index is 1590. The number of halogens is 3. The van der Waals surface area contributed by atoms with Crippen molar-refractivity contribution in [1.82, 2.24) is 20.2 Å². The lowest BCUT2D eigenvalue weighted by molar-refractivity contribution is -0.137. The van der Waals surface area contributed by atoms with Crippen molar-refractivity contribution in [2.45, 2.75) is 12.6 Å². The molecule has 2 heterocycles. The Morgan fingerprint density at radius 3 is 2.31 bits per heavy atom. The number of hydrogen-bond donors (Lipinski definition) is 2. The fourth-order valence-corrected chi connectivity index (χ4v) is 4.18. The van der Waals surface area contributed by atoms with Crippen LogP contribution in [0.2, 0.25) is 0 Å². The molecule has 0 saturated carbocycles. The van der Waals surface area contributed by atoms with Gasteiger partial charge in [-0.1, -0.05) is 6.07 Å². The zero-order chi connectivity index (χ0) is 30.4. The second-order valence-electron chi connectivity index (χ2n) is 9.76. The van der Waals surface area contributed by atoms with Gasteiger partial charge in [0.05, 0.1) is 37.4 Å². The van der Waals surface area contributed by atoms with Gasteiger partial charge in [-0.25, -0.2) is 0 Å². The van der Waals surface area contributed by atoms with Crippen molar-refractivity contribution in [3.05, 3.63) is 77.6 Å². The summed E-state index contributed by atoms with van der Waals surface area (Å²) >= 11 is 0. The van der Waals surface area contributed by atoms with E-state index in [1.165, 1.54) is 12.3 Å². The molecule has 42 heavy (non-hydrogen) atoms. The summed E-state index contributed by atoms with van der Waals surface area (Å²) in [6.07, 6.45) is -1.65. The Balaban J connectivity index is 1.47. The monoisotopic (exact) mass is 581 g/mol. The van der Waals surface area contributed by atoms with Gasteiger partial charge in [-0.15, -0.1) is 0 Å². The number of methoxy groups -OCH3 is 2. The average Bonchev–Trinajstić information content (AvgIpc) is 2.95. The number of anilines is 1. The summed E-state index contributed by atoms with van der Waals surface area (Å²) in [4.78, 5) is 35.9. The van der Waals surface area contributed by atoms with Crippen molar-refractivity contribution in [2.75, 3.05) is 46.7 Å². The maximum Gasteiger partial charge on any atom is 0.416 e. The van der Waals surface area contributed by atoms with Crippen molar-refractivity contribution in [1.29, 1.82) is 0 Å². The quantitative estimate of drug-likeness (QED) is 0.277. The van der Waals surface area contributed by atoms with E-state index in [9.17, 15) is 22.8 Å². The standard InChI is InChI=1S/C30H30F3N5O4/c1-38(2)8-7-34-29(40)20-11-22(30(31,32)33)14-23(12-20)37-28(39)9-18-5-6-24(35-16-18)21-10-19-13-26(41-3)27(42-4)15-25(19)36-17-21/h5-6,10-17H,7-9H2,1-4H3,(H,34,40)(H,37,39). The molecule has 0 radical (unpaired) electrons. The Hall–Kier alpha value is -4.71. The van der Waals surface area contributed by atoms with E-state index in [0.717, 1.165) is 23.1 Å². The Labute approximate surface area is 240 Å². The second-order valence-corrected chi connectivity index (χ2v) is 9.76. The fourth-order valence-electron chi connectivity index (χ4n) is 4.18. The molecule has 4 aromatic rings. The SMILES string of the molecule is COc1cc2cc(-c3ccc(CC(=O)Nc4cc(C(=O)NCCN(C)C)cc(C(F)(F)F)c4)cn3)cnc2cc1OC. The van der Waals surface area contributed by atoms with Gasteiger partial charge in [0.2, 0.25) is 5.91 Å². The topological polar surface area (TPSA) is 106 Å². The average molecular weight is 582 g/mol. The maximum absolute atomic E-state index is 13.5. The number of carbonyl (C=O) groups is 2. The summed E-state index contributed by atoms with van der Waals surface area (Å²) in [5, 5.41) is 5.88. The van der Waals surface area contributed by atoms with E-state index in [4.69, 9.17) is 9.47 Å². The lowest BCUT2D eigenvalue weighted by Gasteiger charge is -2.14. The van der Waals surface area contributed by atoms with E-state index in [-0.39, 0.29) is 24.2 Å². The van der Waals surface area contributed by atoms with Crippen LogP contribution in [-0.4, -0.2) is 68.1 Å². The number of benzene rings is 2. The van der Waals surface area contributed by atoms with Crippen LogP contribution in [0, 0.1) is 0 Å². The molecule has 2 aromatic heterocycles. The first kappa shape index (κ1) is 30.3. The van der Waals surface area contributed by atoms with Crippen molar-refractivity contribution >= 4 is 28.4 Å². The molecule has 4 rings (SSSR count). The molecule has 0 atom stereocenters. The van der Waals surface area contributed by atoms with Gasteiger partial charge in [-0.3, -0.25) is 19.6 Å². The zero-order valence-electron chi connectivity index (χ0n) is 23.5. The van der Waals surface area contributed by atoms with E-state index in [1.54, 1.807) is 38.6 Å². The number of hydrogen-bond acceptors (Lipinski definition) is 7. The van der Waals surface area contributed by atoms with Crippen LogP contribution in [-0.2, 0) is 17.4 Å². The van der Waals surface area contributed by atoms with Crippen LogP contribution in [0.25, 0.3) is 22.2 Å². The number of fused-ring (bicyclic) bond motifs is 1. The number of aromatic nitrogens is 2. The van der Waals surface area contributed by atoms with E-state index in [0.29, 0.717) is 34.8 Å². The molecule has 220 valence electrons. The first-order valence-electron chi connectivity index (χ1n) is 12.9. The maximum atomic E-state index is 13.5. The number of carbonyl (C=O) groups excluding carboxylic acids is 2. The highest BCUT2D eigenvalue weighted by molar-refractivity contribution is 5.98. The molecule has 0 aliphatic heterocycles. The molecule has 9 nitrogen and oxygen atoms in total. The van der Waals surface area contributed by atoms with Crippen molar-refractivity contribution < 1.29 is 32.2 Å². The first-order valence-corrected chi connectivity index (χ1v) is 12.9. The minimum absolute atomic E-state index is 0.133. The molecule has 2 amide bonds. The minimum atomic E-state index is -4.70. The third-order valence-electron chi connectivity index (χ3n) is 6.32. The molecule has 2 N–H and O–H groups in total. The molecule has 2 aromatic carbocycles. The van der Waals surface area contributed by atoms with Crippen LogP contribution in [0.5, 0.6) is 11.5 Å². The highest BCUT2D eigenvalue weighted by Crippen LogP contribution is 2.33. The number of nitrogens with one attached hydrogen (secondary N) is 2. The van der Waals surface area contributed by atoms with Gasteiger partial charge in [0.1, 0.15) is 0 Å². The van der Waals surface area contributed by atoms with Crippen molar-refractivity contribution in [3.8, 4) is 22.8 Å². The van der Waals surface area contributed by atoms with Crippen molar-refractivity contribution in [3.63, 3.8) is 0 Å². The van der Waals surface area contributed by atoms with Crippen LogP contribution < -0.4 is 20.1 Å². The number of pyridine rings is 2. The molecule has 0 aliphatic rings. The van der Waals surface area contributed by atoms with Crippen LogP contribution >= 0.6 is 0 Å². The summed E-state index contributed by atoms with van der Waals surface area (Å²) in [6.45, 7) is 0.771. The Morgan fingerprint density at radius 2 is 1.67 bits per heavy atom. The predicted octanol–water partition coefficient (Wildman–Crippen LogP) is 4.81. The largest absolute Gasteiger partial charge is 0.493 e. The molecule has 12 heteroatoms. The van der Waals surface area contributed by atoms with E-state index in [2.05, 4.69) is 20.6 Å². The third-order valence-corrected chi connectivity index (χ3v) is 6.32. The Kier molecular flexibility index (Phi) is 9.26. The number of nitrogens with zero attached hydrogens (tertiary/aromatic N) is 3. The van der Waals surface area contributed by atoms with Crippen LogP contribution in [0.15, 0.2) is 60.9 Å². The zero-order valence-corrected chi connectivity index (χ0v) is 23.5. The highest BCUT2D eigenvalue weighted by atomic mass is 19.4. The summed E-state index contributed by atoms with van der Waals surface area (Å²) < 4.78 is 51.2. The number of alkyl halides is 3. The van der Waals surface area contributed by atoms with Crippen LogP contribution in [0.3, 0.4) is 0 Å². The predicted molar refractivity (Wildman–Crippen MR) is 153 cm³/mol. The van der Waals surface area contributed by atoms with Gasteiger partial charge in [0.25, 0.3) is 5.91 Å². The Morgan fingerprint density at radius 1 is 0.929 bits per heavy atom. The summed E-state index contributed by atoms with van der Waals surface area (Å²) in [7, 11) is 6.72. The molecule has 0 aliphatic carbocycles. The normalized spacial score (nSPS) is 11.4. The summed E-state index contributed by atoms with van der Waals surface area (Å²) in [5.41, 5.74) is 1.25. The van der Waals surface area contributed by atoms with E-state index >= 15 is 0 Å². The van der Waals surface area contributed by atoms with E-state index < -0.39 is 23.6 Å². The lowest BCUT2D eigenvalue weighted by Crippen LogP contribution is -2.31. The van der Waals surface area contributed by atoms with Gasteiger partial charge < -0.3 is 25.0 Å². The minimum Gasteiger partial charge on any atom is -0.493 e. The van der Waals surface area contributed by atoms with Gasteiger partial charge in [0.15, 0.2) is 11.5 Å². The molecule has 0 saturated heterocycles. The van der Waals surface area contributed by atoms with Crippen LogP contribution in [0.4, 0.5) is 18.9 Å². The lowest BCUT2D eigenvalue weighted by atomic mass is 10.1. The van der Waals surface area contributed by atoms with Gasteiger partial charge in [0, 0.05) is 53.8 Å². The van der Waals surface area contributed by atoms with Gasteiger partial charge >= 0.3 is 6.18 Å². The smallest absolute Gasteiger partial charge is 0.416 e. The second kappa shape index (κ2) is 12.9. The highest BCUT2D eigenvalue weighted by Gasteiger charge is 2.32. The summed E-state index contributed by atoms with van der Waals surface area (Å²) in [6, 6.07) is 11.7. The molecule has 0 bridgehead atoms. The molecular weight excluding hydrogens is 551 g/mol. The number of rotatable bonds is 10. The first-order chi connectivity index (χ1) is 20.0. The number of amides is 2. The van der Waals surface area contributed by atoms with Crippen molar-refractivity contribution in [2.24, 2.45) is 0 Å². The van der Waals surface area contributed by atoms with Gasteiger partial charge in [-0.2, -0.15) is 13.2 Å². The molecule has 0 fully saturated rings. The molecule has 0 unspecified atom stereocenters. The molecular formula is C30H30F3N5O4.